The highest BCUT2D eigenvalue weighted by atomic mass is 79.9. The predicted molar refractivity (Wildman–Crippen MR) is 118 cm³/mol. The van der Waals surface area contributed by atoms with E-state index in [1.54, 1.807) is 30.3 Å². The number of benzene rings is 2. The van der Waals surface area contributed by atoms with Crippen LogP contribution in [0.1, 0.15) is 5.56 Å². The van der Waals surface area contributed by atoms with Gasteiger partial charge in [-0.05, 0) is 29.8 Å². The summed E-state index contributed by atoms with van der Waals surface area (Å²) in [6.45, 7) is 4.14. The lowest BCUT2D eigenvalue weighted by molar-refractivity contribution is -0.121. The fourth-order valence-corrected chi connectivity index (χ4v) is 4.82. The van der Waals surface area contributed by atoms with Gasteiger partial charge in [0.05, 0.1) is 24.7 Å². The average molecular weight is 496 g/mol. The van der Waals surface area contributed by atoms with Crippen LogP contribution >= 0.6 is 15.9 Å². The third-order valence-corrected chi connectivity index (χ3v) is 7.16. The van der Waals surface area contributed by atoms with Crippen LogP contribution in [0.2, 0.25) is 0 Å². The number of hydrogen-bond acceptors (Lipinski definition) is 5. The summed E-state index contributed by atoms with van der Waals surface area (Å²) in [4.78, 5) is 14.9. The molecule has 3 rings (SSSR count). The van der Waals surface area contributed by atoms with E-state index in [1.165, 1.54) is 4.31 Å². The third-order valence-electron chi connectivity index (χ3n) is 4.83. The molecular weight excluding hydrogens is 470 g/mol. The quantitative estimate of drug-likeness (QED) is 0.576. The highest BCUT2D eigenvalue weighted by Crippen LogP contribution is 2.19. The first-order chi connectivity index (χ1) is 14.4. The average Bonchev–Trinajstić information content (AvgIpc) is 2.76. The maximum absolute atomic E-state index is 13.2. The highest BCUT2D eigenvalue weighted by Gasteiger charge is 2.26. The number of sulfonamides is 1. The van der Waals surface area contributed by atoms with Gasteiger partial charge in [0.1, 0.15) is 0 Å². The number of hydrogen-bond donors (Lipinski definition) is 1. The monoisotopic (exact) mass is 495 g/mol. The lowest BCUT2D eigenvalue weighted by Crippen LogP contribution is -2.44. The van der Waals surface area contributed by atoms with Crippen molar-refractivity contribution in [3.63, 3.8) is 0 Å². The van der Waals surface area contributed by atoms with Gasteiger partial charge in [-0.2, -0.15) is 4.31 Å². The number of halogens is 1. The Kier molecular flexibility index (Phi) is 8.41. The Morgan fingerprint density at radius 2 is 1.73 bits per heavy atom. The second-order valence-corrected chi connectivity index (χ2v) is 9.87. The fourth-order valence-electron chi connectivity index (χ4n) is 3.16. The molecule has 0 atom stereocenters. The normalized spacial score (nSPS) is 15.3. The molecular formula is C21H26BrN3O4S. The van der Waals surface area contributed by atoms with E-state index in [1.807, 2.05) is 24.3 Å². The van der Waals surface area contributed by atoms with Crippen LogP contribution in [0.5, 0.6) is 0 Å². The summed E-state index contributed by atoms with van der Waals surface area (Å²) in [6, 6.07) is 15.6. The second-order valence-electron chi connectivity index (χ2n) is 7.02. The lowest BCUT2D eigenvalue weighted by Gasteiger charge is -2.27. The third kappa shape index (κ3) is 6.61. The summed E-state index contributed by atoms with van der Waals surface area (Å²) in [5, 5.41) is 2.84. The molecule has 0 saturated carbocycles. The molecule has 0 radical (unpaired) electrons. The van der Waals surface area contributed by atoms with Crippen LogP contribution in [0.3, 0.4) is 0 Å². The Morgan fingerprint density at radius 3 is 2.40 bits per heavy atom. The van der Waals surface area contributed by atoms with Gasteiger partial charge in [0, 0.05) is 37.2 Å². The van der Waals surface area contributed by atoms with Crippen LogP contribution in [0.15, 0.2) is 64.0 Å². The summed E-state index contributed by atoms with van der Waals surface area (Å²) >= 11 is 3.38. The first-order valence-corrected chi connectivity index (χ1v) is 12.0. The minimum atomic E-state index is -3.82. The van der Waals surface area contributed by atoms with Gasteiger partial charge in [0.25, 0.3) is 0 Å². The SMILES string of the molecule is O=C(CN(Cc1ccc(Br)cc1)S(=O)(=O)c1ccccc1)NCCN1CCOCC1. The number of carbonyl (C=O) groups is 1. The Labute approximate surface area is 186 Å². The number of morpholine rings is 1. The zero-order valence-corrected chi connectivity index (χ0v) is 19.1. The van der Waals surface area contributed by atoms with Crippen molar-refractivity contribution in [3.05, 3.63) is 64.6 Å². The molecule has 1 N–H and O–H groups in total. The van der Waals surface area contributed by atoms with Crippen LogP contribution in [-0.4, -0.2) is 69.5 Å². The first-order valence-electron chi connectivity index (χ1n) is 9.81. The van der Waals surface area contributed by atoms with Gasteiger partial charge in [0.2, 0.25) is 15.9 Å². The van der Waals surface area contributed by atoms with E-state index >= 15 is 0 Å². The number of amides is 1. The van der Waals surface area contributed by atoms with Gasteiger partial charge in [-0.1, -0.05) is 46.3 Å². The van der Waals surface area contributed by atoms with Gasteiger partial charge < -0.3 is 10.1 Å². The molecule has 0 aliphatic carbocycles. The molecule has 30 heavy (non-hydrogen) atoms. The van der Waals surface area contributed by atoms with Gasteiger partial charge in [-0.15, -0.1) is 0 Å². The predicted octanol–water partition coefficient (Wildman–Crippen LogP) is 2.09. The highest BCUT2D eigenvalue weighted by molar-refractivity contribution is 9.10. The molecule has 162 valence electrons. The van der Waals surface area contributed by atoms with Crippen molar-refractivity contribution in [3.8, 4) is 0 Å². The number of nitrogens with zero attached hydrogens (tertiary/aromatic N) is 2. The van der Waals surface area contributed by atoms with Crippen molar-refractivity contribution in [2.24, 2.45) is 0 Å². The standard InChI is InChI=1S/C21H26BrN3O4S/c22-19-8-6-18(7-9-19)16-25(30(27,28)20-4-2-1-3-5-20)17-21(26)23-10-11-24-12-14-29-15-13-24/h1-9H,10-17H2,(H,23,26). The van der Waals surface area contributed by atoms with Gasteiger partial charge in [-0.3, -0.25) is 9.69 Å². The number of carbonyl (C=O) groups excluding carboxylic acids is 1. The molecule has 1 aliphatic heterocycles. The summed E-state index contributed by atoms with van der Waals surface area (Å²) in [6.07, 6.45) is 0. The van der Waals surface area contributed by atoms with E-state index < -0.39 is 10.0 Å². The number of rotatable bonds is 9. The van der Waals surface area contributed by atoms with E-state index in [0.717, 1.165) is 23.1 Å². The number of ether oxygens (including phenoxy) is 1. The topological polar surface area (TPSA) is 79.0 Å². The minimum Gasteiger partial charge on any atom is -0.379 e. The molecule has 0 unspecified atom stereocenters. The van der Waals surface area contributed by atoms with Crippen LogP contribution in [-0.2, 0) is 26.1 Å². The van der Waals surface area contributed by atoms with Gasteiger partial charge in [-0.25, -0.2) is 8.42 Å². The van der Waals surface area contributed by atoms with Crippen LogP contribution in [0, 0.1) is 0 Å². The largest absolute Gasteiger partial charge is 0.379 e. The smallest absolute Gasteiger partial charge is 0.243 e. The van der Waals surface area contributed by atoms with E-state index in [9.17, 15) is 13.2 Å². The Hall–Kier alpha value is -1.78. The fraction of sp³-hybridized carbons (Fsp3) is 0.381. The maximum Gasteiger partial charge on any atom is 0.243 e. The Bertz CT molecular complexity index is 917. The molecule has 1 amide bonds. The summed E-state index contributed by atoms with van der Waals surface area (Å²) in [7, 11) is -3.82. The van der Waals surface area contributed by atoms with Crippen molar-refractivity contribution in [2.75, 3.05) is 45.9 Å². The van der Waals surface area contributed by atoms with E-state index in [2.05, 4.69) is 26.1 Å². The molecule has 2 aromatic rings. The summed E-state index contributed by atoms with van der Waals surface area (Å²) < 4.78 is 33.8. The van der Waals surface area contributed by atoms with Crippen molar-refractivity contribution < 1.29 is 17.9 Å². The van der Waals surface area contributed by atoms with Crippen LogP contribution in [0.4, 0.5) is 0 Å². The first kappa shape index (κ1) is 22.9. The summed E-state index contributed by atoms with van der Waals surface area (Å²) in [5.74, 6) is -0.320. The van der Waals surface area contributed by atoms with Crippen LogP contribution in [0.25, 0.3) is 0 Å². The van der Waals surface area contributed by atoms with Gasteiger partial charge in [0.15, 0.2) is 0 Å². The Morgan fingerprint density at radius 1 is 1.07 bits per heavy atom. The zero-order chi connectivity index (χ0) is 21.4. The molecule has 1 aliphatic rings. The molecule has 1 heterocycles. The minimum absolute atomic E-state index is 0.112. The number of nitrogens with one attached hydrogen (secondary N) is 1. The van der Waals surface area contributed by atoms with Crippen molar-refractivity contribution in [2.45, 2.75) is 11.4 Å². The molecule has 0 bridgehead atoms. The van der Waals surface area contributed by atoms with E-state index in [-0.39, 0.29) is 23.9 Å². The van der Waals surface area contributed by atoms with Crippen LogP contribution < -0.4 is 5.32 Å². The van der Waals surface area contributed by atoms with Crippen molar-refractivity contribution in [1.29, 1.82) is 0 Å². The van der Waals surface area contributed by atoms with Crippen molar-refractivity contribution >= 4 is 31.9 Å². The molecule has 2 aromatic carbocycles. The zero-order valence-electron chi connectivity index (χ0n) is 16.7. The maximum atomic E-state index is 13.2. The van der Waals surface area contributed by atoms with Gasteiger partial charge >= 0.3 is 0 Å². The molecule has 7 nitrogen and oxygen atoms in total. The summed E-state index contributed by atoms with van der Waals surface area (Å²) in [5.41, 5.74) is 0.804. The molecule has 0 spiro atoms. The second kappa shape index (κ2) is 11.0. The van der Waals surface area contributed by atoms with Crippen molar-refractivity contribution in [1.82, 2.24) is 14.5 Å². The lowest BCUT2D eigenvalue weighted by atomic mass is 10.2. The molecule has 9 heteroatoms. The molecule has 1 saturated heterocycles. The molecule has 0 aromatic heterocycles. The molecule has 1 fully saturated rings. The Balaban J connectivity index is 1.67. The van der Waals surface area contributed by atoms with E-state index in [0.29, 0.717) is 26.3 Å². The van der Waals surface area contributed by atoms with E-state index in [4.69, 9.17) is 4.74 Å².